The molecule has 0 aliphatic carbocycles. The summed E-state index contributed by atoms with van der Waals surface area (Å²) in [5, 5.41) is 15.4. The van der Waals surface area contributed by atoms with Crippen LogP contribution in [0.15, 0.2) is 60.7 Å². The van der Waals surface area contributed by atoms with E-state index in [0.29, 0.717) is 12.3 Å². The summed E-state index contributed by atoms with van der Waals surface area (Å²) in [5.41, 5.74) is 4.60. The van der Waals surface area contributed by atoms with Crippen LogP contribution in [-0.2, 0) is 25.6 Å². The molecule has 0 aromatic heterocycles. The quantitative estimate of drug-likeness (QED) is 0.0953. The van der Waals surface area contributed by atoms with Crippen LogP contribution in [0.25, 0.3) is 0 Å². The summed E-state index contributed by atoms with van der Waals surface area (Å²) in [4.78, 5) is 40.4. The van der Waals surface area contributed by atoms with Gasteiger partial charge in [-0.15, -0.1) is 0 Å². The van der Waals surface area contributed by atoms with Gasteiger partial charge in [-0.25, -0.2) is 5.84 Å². The summed E-state index contributed by atoms with van der Waals surface area (Å²) >= 11 is 0. The van der Waals surface area contributed by atoms with Gasteiger partial charge in [0.05, 0.1) is 19.1 Å². The predicted octanol–water partition coefficient (Wildman–Crippen LogP) is 5.02. The van der Waals surface area contributed by atoms with Gasteiger partial charge in [-0.3, -0.25) is 15.0 Å². The number of benzene rings is 2. The number of carbonyl (C=O) groups excluding carboxylic acids is 4. The Morgan fingerprint density at radius 2 is 1.30 bits per heavy atom. The van der Waals surface area contributed by atoms with Crippen molar-refractivity contribution in [3.63, 3.8) is 0 Å². The molecule has 1 unspecified atom stereocenters. The molecule has 1 atom stereocenters. The fraction of sp³-hybridized carbons (Fsp3) is 0.556. The van der Waals surface area contributed by atoms with Crippen LogP contribution in [0.1, 0.15) is 86.8 Å². The van der Waals surface area contributed by atoms with Crippen molar-refractivity contribution in [2.45, 2.75) is 101 Å². The first-order valence-electron chi connectivity index (χ1n) is 15.8. The number of likely N-dealkylation sites (N-methyl/N-ethyl adjacent to an activating group) is 1. The van der Waals surface area contributed by atoms with Crippen molar-refractivity contribution in [2.75, 3.05) is 27.2 Å². The summed E-state index contributed by atoms with van der Waals surface area (Å²) in [5.74, 6) is 4.78. The topological polar surface area (TPSA) is 163 Å². The molecule has 0 saturated carbocycles. The molecule has 7 N–H and O–H groups in total. The molecule has 0 aliphatic rings. The Balaban J connectivity index is -0.000000113. The third kappa shape index (κ3) is 50.2. The summed E-state index contributed by atoms with van der Waals surface area (Å²) in [6.07, 6.45) is 2.63. The molecule has 268 valence electrons. The highest BCUT2D eigenvalue weighted by Gasteiger charge is 2.15. The number of nitrogens with one attached hydrogen (secondary N) is 4. The molecule has 0 bridgehead atoms. The van der Waals surface area contributed by atoms with Crippen LogP contribution in [0.3, 0.4) is 0 Å². The minimum Gasteiger partial charge on any atom is -0.400 e. The monoisotopic (exact) mass is 652 g/mol. The van der Waals surface area contributed by atoms with Gasteiger partial charge >= 0.3 is 0 Å². The highest BCUT2D eigenvalue weighted by atomic mass is 16.2. The maximum atomic E-state index is 11.5. The number of amides is 2. The lowest BCUT2D eigenvalue weighted by Gasteiger charge is -2.21. The molecule has 0 spiro atoms. The van der Waals surface area contributed by atoms with Gasteiger partial charge in [0.2, 0.25) is 11.8 Å². The van der Waals surface area contributed by atoms with Gasteiger partial charge in [0.15, 0.2) is 0 Å². The van der Waals surface area contributed by atoms with Crippen LogP contribution < -0.4 is 27.2 Å². The van der Waals surface area contributed by atoms with E-state index in [2.05, 4.69) is 66.2 Å². The fourth-order valence-electron chi connectivity index (χ4n) is 2.72. The van der Waals surface area contributed by atoms with Crippen LogP contribution >= 0.6 is 0 Å². The average molecular weight is 652 g/mol. The van der Waals surface area contributed by atoms with Gasteiger partial charge in [0.1, 0.15) is 13.1 Å². The highest BCUT2D eigenvalue weighted by molar-refractivity contribution is 5.81. The Bertz CT molecular complexity index is 877. The molecule has 2 rings (SSSR count). The van der Waals surface area contributed by atoms with Crippen molar-refractivity contribution < 1.29 is 24.3 Å². The zero-order valence-electron chi connectivity index (χ0n) is 31.2. The number of hydrazine groups is 1. The Morgan fingerprint density at radius 1 is 0.870 bits per heavy atom. The third-order valence-corrected chi connectivity index (χ3v) is 4.71. The van der Waals surface area contributed by atoms with Gasteiger partial charge in [0.25, 0.3) is 0 Å². The van der Waals surface area contributed by atoms with E-state index in [0.717, 1.165) is 19.8 Å². The average Bonchev–Trinajstić information content (AvgIpc) is 3.08. The molecular formula is C36H69N5O5. The second kappa shape index (κ2) is 43.7. The SMILES string of the molecule is C=O.CC.CC.CC(C)CC(C=O)NC(=O)CNC(C)(C)C.CCc1ccccc1.CNCC(=O)NN.CO.Cc1ccccc1. The second-order valence-electron chi connectivity index (χ2n) is 10.1. The maximum absolute atomic E-state index is 11.5. The first kappa shape index (κ1) is 55.0. The van der Waals surface area contributed by atoms with Crippen molar-refractivity contribution in [2.24, 2.45) is 11.8 Å². The lowest BCUT2D eigenvalue weighted by Crippen LogP contribution is -2.46. The zero-order valence-corrected chi connectivity index (χ0v) is 31.2. The molecule has 0 radical (unpaired) electrons. The number of carbonyl (C=O) groups is 4. The molecule has 2 aromatic rings. The molecular weight excluding hydrogens is 582 g/mol. The molecule has 10 heteroatoms. The van der Waals surface area contributed by atoms with Gasteiger partial charge in [-0.2, -0.15) is 0 Å². The van der Waals surface area contributed by atoms with Crippen molar-refractivity contribution in [1.82, 2.24) is 21.4 Å². The predicted molar refractivity (Wildman–Crippen MR) is 196 cm³/mol. The van der Waals surface area contributed by atoms with Gasteiger partial charge in [-0.05, 0) is 59.1 Å². The number of nitrogens with two attached hydrogens (primary N) is 1. The number of hydrogen-bond acceptors (Lipinski definition) is 8. The van der Waals surface area contributed by atoms with Crippen molar-refractivity contribution in [3.8, 4) is 0 Å². The number of rotatable bonds is 9. The van der Waals surface area contributed by atoms with Crippen LogP contribution in [0.2, 0.25) is 0 Å². The minimum absolute atomic E-state index is 0.0912. The molecule has 10 nitrogen and oxygen atoms in total. The van der Waals surface area contributed by atoms with E-state index in [9.17, 15) is 14.4 Å². The van der Waals surface area contributed by atoms with E-state index in [1.54, 1.807) is 7.05 Å². The number of aliphatic hydroxyl groups excluding tert-OH is 1. The first-order chi connectivity index (χ1) is 21.9. The normalized spacial score (nSPS) is 9.39. The summed E-state index contributed by atoms with van der Waals surface area (Å²) in [6.45, 7) is 24.8. The number of aryl methyl sites for hydroxylation is 2. The van der Waals surface area contributed by atoms with E-state index in [-0.39, 0.29) is 36.5 Å². The van der Waals surface area contributed by atoms with Crippen LogP contribution in [0.5, 0.6) is 0 Å². The fourth-order valence-corrected chi connectivity index (χ4v) is 2.72. The third-order valence-electron chi connectivity index (χ3n) is 4.71. The number of aliphatic hydroxyl groups is 1. The molecule has 2 aromatic carbocycles. The Kier molecular flexibility index (Phi) is 52.2. The maximum Gasteiger partial charge on any atom is 0.247 e. The van der Waals surface area contributed by atoms with Crippen molar-refractivity contribution >= 4 is 24.9 Å². The second-order valence-corrected chi connectivity index (χ2v) is 10.1. The molecule has 0 saturated heterocycles. The Morgan fingerprint density at radius 3 is 1.54 bits per heavy atom. The van der Waals surface area contributed by atoms with E-state index in [4.69, 9.17) is 15.7 Å². The van der Waals surface area contributed by atoms with Crippen molar-refractivity contribution in [3.05, 3.63) is 71.8 Å². The van der Waals surface area contributed by atoms with Crippen LogP contribution in [0, 0.1) is 12.8 Å². The molecule has 0 aliphatic heterocycles. The molecule has 0 fully saturated rings. The molecule has 46 heavy (non-hydrogen) atoms. The smallest absolute Gasteiger partial charge is 0.247 e. The lowest BCUT2D eigenvalue weighted by molar-refractivity contribution is -0.123. The van der Waals surface area contributed by atoms with E-state index < -0.39 is 0 Å². The van der Waals surface area contributed by atoms with Crippen LogP contribution in [0.4, 0.5) is 0 Å². The summed E-state index contributed by atoms with van der Waals surface area (Å²) in [6, 6.07) is 20.4. The molecule has 2 amide bonds. The largest absolute Gasteiger partial charge is 0.400 e. The van der Waals surface area contributed by atoms with Gasteiger partial charge in [0, 0.05) is 12.6 Å². The van der Waals surface area contributed by atoms with E-state index in [1.807, 2.05) is 98.8 Å². The number of aldehydes is 1. The Hall–Kier alpha value is -3.44. The van der Waals surface area contributed by atoms with Gasteiger partial charge in [-0.1, -0.05) is 115 Å². The highest BCUT2D eigenvalue weighted by Crippen LogP contribution is 2.03. The minimum atomic E-state index is -0.366. The number of hydrogen-bond donors (Lipinski definition) is 6. The van der Waals surface area contributed by atoms with E-state index >= 15 is 0 Å². The van der Waals surface area contributed by atoms with Crippen LogP contribution in [-0.4, -0.2) is 68.8 Å². The van der Waals surface area contributed by atoms with Crippen molar-refractivity contribution in [1.29, 1.82) is 0 Å². The summed E-state index contributed by atoms with van der Waals surface area (Å²) in [7, 11) is 2.68. The first-order valence-corrected chi connectivity index (χ1v) is 15.8. The lowest BCUT2D eigenvalue weighted by atomic mass is 10.0. The van der Waals surface area contributed by atoms with E-state index in [1.165, 1.54) is 11.1 Å². The standard InChI is InChI=1S/C12H24N2O2.C8H10.C7H8.C3H9N3O.2C2H6.CH4O.CH2O/c1-9(2)6-10(8-15)14-11(16)7-13-12(3,4)5;1-2-8-6-4-3-5-7-8;1-7-5-3-2-4-6-7;1-5-2-3(7)6-4;4*1-2/h8-10,13H,6-7H2,1-5H3,(H,14,16);3-7H,2H2,1H3;2-6H,1H3;5H,2,4H2,1H3,(H,6,7);2*1-2H3;2H,1H3;1H2. The van der Waals surface area contributed by atoms with Gasteiger partial charge < -0.3 is 30.6 Å². The molecule has 0 heterocycles. The zero-order chi connectivity index (χ0) is 37.4. The Labute approximate surface area is 281 Å². The summed E-state index contributed by atoms with van der Waals surface area (Å²) < 4.78 is 0.